The fourth-order valence-electron chi connectivity index (χ4n) is 3.53. The summed E-state index contributed by atoms with van der Waals surface area (Å²) in [5.41, 5.74) is 4.74. The van der Waals surface area contributed by atoms with Gasteiger partial charge in [0.1, 0.15) is 0 Å². The lowest BCUT2D eigenvalue weighted by Gasteiger charge is -2.17. The summed E-state index contributed by atoms with van der Waals surface area (Å²) < 4.78 is 1.93. The number of hydrogen-bond acceptors (Lipinski definition) is 2. The smallest absolute Gasteiger partial charge is 0.274 e. The zero-order valence-electron chi connectivity index (χ0n) is 14.7. The Morgan fingerprint density at radius 2 is 1.85 bits per heavy atom. The van der Waals surface area contributed by atoms with Gasteiger partial charge >= 0.3 is 0 Å². The number of para-hydroxylation sites is 1. The minimum Gasteiger partial charge on any atom is -0.336 e. The summed E-state index contributed by atoms with van der Waals surface area (Å²) in [6.45, 7) is 0.464. The van der Waals surface area contributed by atoms with Gasteiger partial charge in [-0.3, -0.25) is 4.79 Å². The van der Waals surface area contributed by atoms with Crippen LogP contribution in [0.3, 0.4) is 0 Å². The first-order valence-corrected chi connectivity index (χ1v) is 9.18. The highest BCUT2D eigenvalue weighted by molar-refractivity contribution is 6.31. The summed E-state index contributed by atoms with van der Waals surface area (Å²) >= 11 is 6.24. The van der Waals surface area contributed by atoms with Gasteiger partial charge in [-0.25, -0.2) is 4.68 Å². The van der Waals surface area contributed by atoms with E-state index in [9.17, 15) is 4.79 Å². The van der Waals surface area contributed by atoms with E-state index >= 15 is 0 Å². The Hall–Kier alpha value is -2.59. The van der Waals surface area contributed by atoms with E-state index in [0.717, 1.165) is 41.8 Å². The highest BCUT2D eigenvalue weighted by Crippen LogP contribution is 2.29. The first-order chi connectivity index (χ1) is 12.6. The maximum absolute atomic E-state index is 13.1. The van der Waals surface area contributed by atoms with E-state index in [0.29, 0.717) is 17.3 Å². The number of hydrogen-bond donors (Lipinski definition) is 0. The van der Waals surface area contributed by atoms with Gasteiger partial charge in [-0.2, -0.15) is 5.10 Å². The average Bonchev–Trinajstić information content (AvgIpc) is 3.26. The first kappa shape index (κ1) is 16.9. The predicted molar refractivity (Wildman–Crippen MR) is 103 cm³/mol. The van der Waals surface area contributed by atoms with Gasteiger partial charge in [0.25, 0.3) is 5.91 Å². The first-order valence-electron chi connectivity index (χ1n) is 8.80. The van der Waals surface area contributed by atoms with Gasteiger partial charge in [-0.05, 0) is 43.0 Å². The fraction of sp³-hybridized carbons (Fsp3) is 0.238. The zero-order valence-corrected chi connectivity index (χ0v) is 15.4. The van der Waals surface area contributed by atoms with Gasteiger partial charge in [0, 0.05) is 29.9 Å². The van der Waals surface area contributed by atoms with Crippen molar-refractivity contribution in [2.75, 3.05) is 7.05 Å². The largest absolute Gasteiger partial charge is 0.336 e. The summed E-state index contributed by atoms with van der Waals surface area (Å²) in [5.74, 6) is -0.0576. The molecule has 0 N–H and O–H groups in total. The van der Waals surface area contributed by atoms with Crippen LogP contribution in [0.2, 0.25) is 5.02 Å². The van der Waals surface area contributed by atoms with Crippen molar-refractivity contribution in [2.24, 2.45) is 0 Å². The molecule has 0 atom stereocenters. The molecule has 0 unspecified atom stereocenters. The average molecular weight is 366 g/mol. The summed E-state index contributed by atoms with van der Waals surface area (Å²) in [5, 5.41) is 5.35. The standard InChI is InChI=1S/C21H20ClN3O/c1-24(14-15-8-5-6-12-18(15)22)21(26)20-17-11-7-13-19(17)25(23-20)16-9-3-2-4-10-16/h2-6,8-10,12H,7,11,13-14H2,1H3. The van der Waals surface area contributed by atoms with E-state index in [1.54, 1.807) is 11.9 Å². The zero-order chi connectivity index (χ0) is 18.1. The third-order valence-corrected chi connectivity index (χ3v) is 5.21. The number of fused-ring (bicyclic) bond motifs is 1. The second-order valence-electron chi connectivity index (χ2n) is 6.63. The molecule has 3 aromatic rings. The van der Waals surface area contributed by atoms with Crippen LogP contribution < -0.4 is 0 Å². The number of halogens is 1. The quantitative estimate of drug-likeness (QED) is 0.691. The second kappa shape index (κ2) is 6.96. The van der Waals surface area contributed by atoms with E-state index in [4.69, 9.17) is 11.6 Å². The Morgan fingerprint density at radius 1 is 1.12 bits per heavy atom. The third-order valence-electron chi connectivity index (χ3n) is 4.85. The number of nitrogens with zero attached hydrogens (tertiary/aromatic N) is 3. The molecule has 0 saturated carbocycles. The third kappa shape index (κ3) is 3.01. The molecule has 1 aromatic heterocycles. The molecule has 1 aliphatic carbocycles. The van der Waals surface area contributed by atoms with Crippen molar-refractivity contribution in [2.45, 2.75) is 25.8 Å². The highest BCUT2D eigenvalue weighted by Gasteiger charge is 2.28. The maximum Gasteiger partial charge on any atom is 0.274 e. The van der Waals surface area contributed by atoms with Crippen LogP contribution in [0.1, 0.15) is 33.7 Å². The maximum atomic E-state index is 13.1. The topological polar surface area (TPSA) is 38.1 Å². The molecule has 132 valence electrons. The molecule has 0 saturated heterocycles. The van der Waals surface area contributed by atoms with Crippen LogP contribution in [-0.4, -0.2) is 27.6 Å². The molecule has 4 nitrogen and oxygen atoms in total. The van der Waals surface area contributed by atoms with Gasteiger partial charge in [0.15, 0.2) is 5.69 Å². The van der Waals surface area contributed by atoms with Crippen molar-refractivity contribution in [1.82, 2.24) is 14.7 Å². The van der Waals surface area contributed by atoms with Crippen LogP contribution in [0.5, 0.6) is 0 Å². The van der Waals surface area contributed by atoms with E-state index in [1.807, 2.05) is 59.3 Å². The number of rotatable bonds is 4. The second-order valence-corrected chi connectivity index (χ2v) is 7.03. The van der Waals surface area contributed by atoms with Gasteiger partial charge in [0.2, 0.25) is 0 Å². The summed E-state index contributed by atoms with van der Waals surface area (Å²) in [4.78, 5) is 14.8. The fourth-order valence-corrected chi connectivity index (χ4v) is 3.72. The summed E-state index contributed by atoms with van der Waals surface area (Å²) in [6.07, 6.45) is 2.93. The van der Waals surface area contributed by atoms with Gasteiger partial charge in [-0.15, -0.1) is 0 Å². The van der Waals surface area contributed by atoms with Crippen molar-refractivity contribution in [1.29, 1.82) is 0 Å². The van der Waals surface area contributed by atoms with Crippen LogP contribution in [-0.2, 0) is 19.4 Å². The molecule has 1 heterocycles. The Labute approximate surface area is 158 Å². The molecule has 0 aliphatic heterocycles. The molecule has 4 rings (SSSR count). The van der Waals surface area contributed by atoms with E-state index < -0.39 is 0 Å². The molecular weight excluding hydrogens is 346 g/mol. The molecule has 26 heavy (non-hydrogen) atoms. The Bertz CT molecular complexity index is 949. The van der Waals surface area contributed by atoms with Crippen LogP contribution in [0.25, 0.3) is 5.69 Å². The molecule has 0 fully saturated rings. The summed E-state index contributed by atoms with van der Waals surface area (Å²) in [6, 6.07) is 17.6. The number of carbonyl (C=O) groups excluding carboxylic acids is 1. The lowest BCUT2D eigenvalue weighted by atomic mass is 10.1. The number of benzene rings is 2. The molecule has 5 heteroatoms. The van der Waals surface area contributed by atoms with Gasteiger partial charge in [0.05, 0.1) is 5.69 Å². The number of aromatic nitrogens is 2. The minimum absolute atomic E-state index is 0.0576. The minimum atomic E-state index is -0.0576. The number of amides is 1. The normalized spacial score (nSPS) is 12.8. The summed E-state index contributed by atoms with van der Waals surface area (Å²) in [7, 11) is 1.80. The monoisotopic (exact) mass is 365 g/mol. The lowest BCUT2D eigenvalue weighted by Crippen LogP contribution is -2.27. The van der Waals surface area contributed by atoms with Crippen molar-refractivity contribution in [3.05, 3.63) is 82.1 Å². The Kier molecular flexibility index (Phi) is 4.51. The molecule has 0 spiro atoms. The molecule has 0 radical (unpaired) electrons. The van der Waals surface area contributed by atoms with Crippen molar-refractivity contribution >= 4 is 17.5 Å². The van der Waals surface area contributed by atoms with Crippen LogP contribution >= 0.6 is 11.6 Å². The predicted octanol–water partition coefficient (Wildman–Crippen LogP) is 4.29. The van der Waals surface area contributed by atoms with Crippen molar-refractivity contribution in [3.8, 4) is 5.69 Å². The molecule has 1 amide bonds. The van der Waals surface area contributed by atoms with Crippen LogP contribution in [0.4, 0.5) is 0 Å². The Balaban J connectivity index is 1.65. The van der Waals surface area contributed by atoms with E-state index in [2.05, 4.69) is 5.10 Å². The molecular formula is C21H20ClN3O. The number of carbonyl (C=O) groups is 1. The van der Waals surface area contributed by atoms with Crippen molar-refractivity contribution < 1.29 is 4.79 Å². The van der Waals surface area contributed by atoms with E-state index in [1.165, 1.54) is 0 Å². The lowest BCUT2D eigenvalue weighted by molar-refractivity contribution is 0.0778. The highest BCUT2D eigenvalue weighted by atomic mass is 35.5. The van der Waals surface area contributed by atoms with E-state index in [-0.39, 0.29) is 5.91 Å². The SMILES string of the molecule is CN(Cc1ccccc1Cl)C(=O)c1nn(-c2ccccc2)c2c1CCC2. The van der Waals surface area contributed by atoms with Crippen LogP contribution in [0.15, 0.2) is 54.6 Å². The molecule has 0 bridgehead atoms. The van der Waals surface area contributed by atoms with Gasteiger partial charge < -0.3 is 4.90 Å². The van der Waals surface area contributed by atoms with Crippen LogP contribution in [0, 0.1) is 0 Å². The molecule has 1 aliphatic rings. The van der Waals surface area contributed by atoms with Gasteiger partial charge in [-0.1, -0.05) is 48.0 Å². The molecule has 2 aromatic carbocycles. The van der Waals surface area contributed by atoms with Crippen molar-refractivity contribution in [3.63, 3.8) is 0 Å². The Morgan fingerprint density at radius 3 is 2.62 bits per heavy atom.